The van der Waals surface area contributed by atoms with Gasteiger partial charge in [0.2, 0.25) is 5.91 Å². The summed E-state index contributed by atoms with van der Waals surface area (Å²) in [5.41, 5.74) is 1.92. The molecule has 1 aromatic carbocycles. The molecule has 0 spiro atoms. The molecule has 0 saturated carbocycles. The molecule has 1 unspecified atom stereocenters. The average Bonchev–Trinajstić information content (AvgIpc) is 2.56. The molecule has 5 heteroatoms. The first-order valence-electron chi connectivity index (χ1n) is 8.24. The first kappa shape index (κ1) is 17.4. The van der Waals surface area contributed by atoms with E-state index in [0.717, 1.165) is 43.1 Å². The van der Waals surface area contributed by atoms with Gasteiger partial charge in [-0.3, -0.25) is 4.79 Å². The molecule has 5 nitrogen and oxygen atoms in total. The maximum atomic E-state index is 12.6. The fourth-order valence-corrected chi connectivity index (χ4v) is 2.93. The third-order valence-corrected chi connectivity index (χ3v) is 4.57. The Labute approximate surface area is 139 Å². The van der Waals surface area contributed by atoms with Gasteiger partial charge in [-0.2, -0.15) is 0 Å². The van der Waals surface area contributed by atoms with Crippen LogP contribution >= 0.6 is 0 Å². The highest BCUT2D eigenvalue weighted by molar-refractivity contribution is 5.84. The second-order valence-corrected chi connectivity index (χ2v) is 6.40. The topological polar surface area (TPSA) is 50.8 Å². The minimum Gasteiger partial charge on any atom is -0.493 e. The molecule has 23 heavy (non-hydrogen) atoms. The summed E-state index contributed by atoms with van der Waals surface area (Å²) >= 11 is 0. The van der Waals surface area contributed by atoms with Gasteiger partial charge in [-0.05, 0) is 44.2 Å². The SMILES string of the molecule is COc1cc(C)c(NC(C)C(=O)N2CCC(C)CC2)cc1OC. The second-order valence-electron chi connectivity index (χ2n) is 6.40. The van der Waals surface area contributed by atoms with Crippen molar-refractivity contribution < 1.29 is 14.3 Å². The van der Waals surface area contributed by atoms with Crippen molar-refractivity contribution in [2.75, 3.05) is 32.6 Å². The lowest BCUT2D eigenvalue weighted by molar-refractivity contribution is -0.132. The largest absolute Gasteiger partial charge is 0.493 e. The number of piperidine rings is 1. The Kier molecular flexibility index (Phi) is 5.74. The third kappa shape index (κ3) is 4.09. The van der Waals surface area contributed by atoms with Crippen LogP contribution in [-0.2, 0) is 4.79 Å². The number of amides is 1. The fourth-order valence-electron chi connectivity index (χ4n) is 2.93. The molecule has 1 fully saturated rings. The summed E-state index contributed by atoms with van der Waals surface area (Å²) in [5.74, 6) is 2.23. The second kappa shape index (κ2) is 7.57. The van der Waals surface area contributed by atoms with E-state index in [-0.39, 0.29) is 11.9 Å². The Morgan fingerprint density at radius 3 is 2.35 bits per heavy atom. The van der Waals surface area contributed by atoms with E-state index in [1.54, 1.807) is 14.2 Å². The Bertz CT molecular complexity index is 551. The number of methoxy groups -OCH3 is 2. The van der Waals surface area contributed by atoms with Crippen molar-refractivity contribution >= 4 is 11.6 Å². The van der Waals surface area contributed by atoms with Gasteiger partial charge in [-0.25, -0.2) is 0 Å². The number of nitrogens with one attached hydrogen (secondary N) is 1. The van der Waals surface area contributed by atoms with Crippen LogP contribution in [0.1, 0.15) is 32.3 Å². The van der Waals surface area contributed by atoms with Crippen LogP contribution in [-0.4, -0.2) is 44.2 Å². The summed E-state index contributed by atoms with van der Waals surface area (Å²) in [6.45, 7) is 7.87. The molecule has 1 aromatic rings. The van der Waals surface area contributed by atoms with Crippen molar-refractivity contribution in [2.24, 2.45) is 5.92 Å². The molecule has 1 atom stereocenters. The molecule has 1 aliphatic heterocycles. The zero-order chi connectivity index (χ0) is 17.0. The Balaban J connectivity index is 2.07. The number of carbonyl (C=O) groups excluding carboxylic acids is 1. The van der Waals surface area contributed by atoms with Gasteiger partial charge < -0.3 is 19.7 Å². The molecular weight excluding hydrogens is 292 g/mol. The zero-order valence-corrected chi connectivity index (χ0v) is 14.8. The predicted octanol–water partition coefficient (Wildman–Crippen LogP) is 3.07. The van der Waals surface area contributed by atoms with E-state index in [2.05, 4.69) is 12.2 Å². The van der Waals surface area contributed by atoms with E-state index in [0.29, 0.717) is 11.5 Å². The molecule has 0 radical (unpaired) electrons. The average molecular weight is 320 g/mol. The number of hydrogen-bond donors (Lipinski definition) is 1. The molecule has 0 aliphatic carbocycles. The Hall–Kier alpha value is -1.91. The number of benzene rings is 1. The van der Waals surface area contributed by atoms with Crippen LogP contribution in [0.15, 0.2) is 12.1 Å². The number of ether oxygens (including phenoxy) is 2. The van der Waals surface area contributed by atoms with Gasteiger partial charge in [0.05, 0.1) is 14.2 Å². The van der Waals surface area contributed by atoms with Crippen molar-refractivity contribution in [2.45, 2.75) is 39.7 Å². The molecule has 0 aromatic heterocycles. The van der Waals surface area contributed by atoms with E-state index >= 15 is 0 Å². The Morgan fingerprint density at radius 2 is 1.78 bits per heavy atom. The highest BCUT2D eigenvalue weighted by Crippen LogP contribution is 2.33. The predicted molar refractivity (Wildman–Crippen MR) is 92.3 cm³/mol. The van der Waals surface area contributed by atoms with Crippen LogP contribution in [0.4, 0.5) is 5.69 Å². The summed E-state index contributed by atoms with van der Waals surface area (Å²) in [4.78, 5) is 14.6. The van der Waals surface area contributed by atoms with Gasteiger partial charge in [0.15, 0.2) is 11.5 Å². The first-order chi connectivity index (χ1) is 11.0. The molecular formula is C18H28N2O3. The van der Waals surface area contributed by atoms with Crippen molar-refractivity contribution in [1.29, 1.82) is 0 Å². The monoisotopic (exact) mass is 320 g/mol. The summed E-state index contributed by atoms with van der Waals surface area (Å²) in [7, 11) is 3.23. The maximum Gasteiger partial charge on any atom is 0.244 e. The summed E-state index contributed by atoms with van der Waals surface area (Å²) < 4.78 is 10.6. The number of anilines is 1. The van der Waals surface area contributed by atoms with Crippen LogP contribution < -0.4 is 14.8 Å². The lowest BCUT2D eigenvalue weighted by Gasteiger charge is -2.32. The Morgan fingerprint density at radius 1 is 1.22 bits per heavy atom. The van der Waals surface area contributed by atoms with Crippen LogP contribution in [0.3, 0.4) is 0 Å². The van der Waals surface area contributed by atoms with E-state index < -0.39 is 0 Å². The van der Waals surface area contributed by atoms with Gasteiger partial charge in [0, 0.05) is 24.8 Å². The number of likely N-dealkylation sites (tertiary alicyclic amines) is 1. The molecule has 1 aliphatic rings. The fraction of sp³-hybridized carbons (Fsp3) is 0.611. The van der Waals surface area contributed by atoms with Crippen molar-refractivity contribution in [3.8, 4) is 11.5 Å². The number of nitrogens with zero attached hydrogens (tertiary/aromatic N) is 1. The summed E-state index contributed by atoms with van der Waals surface area (Å²) in [6.07, 6.45) is 2.18. The molecule has 128 valence electrons. The molecule has 0 bridgehead atoms. The summed E-state index contributed by atoms with van der Waals surface area (Å²) in [5, 5.41) is 3.32. The number of hydrogen-bond acceptors (Lipinski definition) is 4. The van der Waals surface area contributed by atoms with Gasteiger partial charge in [0.25, 0.3) is 0 Å². The van der Waals surface area contributed by atoms with Crippen LogP contribution in [0.2, 0.25) is 0 Å². The molecule has 1 heterocycles. The summed E-state index contributed by atoms with van der Waals surface area (Å²) in [6, 6.07) is 3.54. The number of rotatable bonds is 5. The first-order valence-corrected chi connectivity index (χ1v) is 8.24. The van der Waals surface area contributed by atoms with Crippen molar-refractivity contribution in [1.82, 2.24) is 4.90 Å². The number of carbonyl (C=O) groups is 1. The van der Waals surface area contributed by atoms with Gasteiger partial charge >= 0.3 is 0 Å². The van der Waals surface area contributed by atoms with Gasteiger partial charge in [-0.15, -0.1) is 0 Å². The van der Waals surface area contributed by atoms with Crippen molar-refractivity contribution in [3.63, 3.8) is 0 Å². The standard InChI is InChI=1S/C18H28N2O3/c1-12-6-8-20(9-7-12)18(21)14(3)19-15-11-17(23-5)16(22-4)10-13(15)2/h10-12,14,19H,6-9H2,1-5H3. The minimum absolute atomic E-state index is 0.158. The zero-order valence-electron chi connectivity index (χ0n) is 14.8. The van der Waals surface area contributed by atoms with Crippen molar-refractivity contribution in [3.05, 3.63) is 17.7 Å². The lowest BCUT2D eigenvalue weighted by atomic mass is 9.99. The van der Waals surface area contributed by atoms with E-state index in [9.17, 15) is 4.79 Å². The van der Waals surface area contributed by atoms with Gasteiger partial charge in [0.1, 0.15) is 6.04 Å². The molecule has 1 N–H and O–H groups in total. The van der Waals surface area contributed by atoms with E-state index in [4.69, 9.17) is 9.47 Å². The maximum absolute atomic E-state index is 12.6. The third-order valence-electron chi connectivity index (χ3n) is 4.57. The highest BCUT2D eigenvalue weighted by atomic mass is 16.5. The quantitative estimate of drug-likeness (QED) is 0.906. The number of aryl methyl sites for hydroxylation is 1. The highest BCUT2D eigenvalue weighted by Gasteiger charge is 2.24. The van der Waals surface area contributed by atoms with E-state index in [1.165, 1.54) is 0 Å². The van der Waals surface area contributed by atoms with Crippen LogP contribution in [0.5, 0.6) is 11.5 Å². The smallest absolute Gasteiger partial charge is 0.244 e. The molecule has 1 amide bonds. The van der Waals surface area contributed by atoms with E-state index in [1.807, 2.05) is 30.9 Å². The van der Waals surface area contributed by atoms with Gasteiger partial charge in [-0.1, -0.05) is 6.92 Å². The molecule has 1 saturated heterocycles. The van der Waals surface area contributed by atoms with Crippen LogP contribution in [0.25, 0.3) is 0 Å². The lowest BCUT2D eigenvalue weighted by Crippen LogP contribution is -2.45. The minimum atomic E-state index is -0.264. The van der Waals surface area contributed by atoms with Crippen LogP contribution in [0, 0.1) is 12.8 Å². The normalized spacial score (nSPS) is 16.8. The molecule has 2 rings (SSSR count).